The Morgan fingerprint density at radius 2 is 1.92 bits per heavy atom. The zero-order valence-electron chi connectivity index (χ0n) is 14.3. The van der Waals surface area contributed by atoms with Crippen molar-refractivity contribution in [2.24, 2.45) is 0 Å². The molecule has 6 heteroatoms. The summed E-state index contributed by atoms with van der Waals surface area (Å²) in [5.74, 6) is 0.0326. The van der Waals surface area contributed by atoms with Crippen LogP contribution in [0, 0.1) is 5.82 Å². The normalized spacial score (nSPS) is 10.5. The van der Waals surface area contributed by atoms with Gasteiger partial charge in [-0.15, -0.1) is 0 Å². The monoisotopic (exact) mass is 353 g/mol. The van der Waals surface area contributed by atoms with Gasteiger partial charge in [-0.05, 0) is 42.3 Å². The topological polar surface area (TPSA) is 56.2 Å². The zero-order valence-corrected chi connectivity index (χ0v) is 14.3. The molecule has 0 aliphatic rings. The third kappa shape index (κ3) is 4.92. The molecule has 1 heterocycles. The van der Waals surface area contributed by atoms with E-state index in [1.807, 2.05) is 23.0 Å². The van der Waals surface area contributed by atoms with E-state index in [1.165, 1.54) is 12.1 Å². The minimum absolute atomic E-state index is 0.180. The third-order valence-electron chi connectivity index (χ3n) is 3.85. The lowest BCUT2D eigenvalue weighted by atomic mass is 10.2. The lowest BCUT2D eigenvalue weighted by Gasteiger charge is -2.12. The van der Waals surface area contributed by atoms with E-state index in [1.54, 1.807) is 36.5 Å². The van der Waals surface area contributed by atoms with Crippen molar-refractivity contribution in [3.8, 4) is 5.75 Å². The number of halogens is 1. The molecule has 3 aromatic rings. The molecule has 0 spiro atoms. The van der Waals surface area contributed by atoms with Crippen molar-refractivity contribution in [2.45, 2.75) is 19.6 Å². The molecule has 3 rings (SSSR count). The van der Waals surface area contributed by atoms with Crippen molar-refractivity contribution in [2.75, 3.05) is 6.54 Å². The van der Waals surface area contributed by atoms with Crippen LogP contribution >= 0.6 is 0 Å². The molecule has 0 atom stereocenters. The number of hydrogen-bond acceptors (Lipinski definition) is 3. The third-order valence-corrected chi connectivity index (χ3v) is 3.85. The van der Waals surface area contributed by atoms with E-state index in [0.717, 1.165) is 18.5 Å². The van der Waals surface area contributed by atoms with Crippen molar-refractivity contribution < 1.29 is 13.9 Å². The first kappa shape index (κ1) is 17.7. The second-order valence-electron chi connectivity index (χ2n) is 5.79. The van der Waals surface area contributed by atoms with Crippen molar-refractivity contribution in [3.05, 3.63) is 83.9 Å². The van der Waals surface area contributed by atoms with Crippen molar-refractivity contribution in [1.82, 2.24) is 15.1 Å². The first-order valence-corrected chi connectivity index (χ1v) is 8.44. The van der Waals surface area contributed by atoms with Crippen LogP contribution in [-0.2, 0) is 13.2 Å². The predicted molar refractivity (Wildman–Crippen MR) is 96.4 cm³/mol. The SMILES string of the molecule is O=C(NCCCn1cccn1)c1ccccc1OCc1ccc(F)cc1. The van der Waals surface area contributed by atoms with Crippen LogP contribution < -0.4 is 10.1 Å². The van der Waals surface area contributed by atoms with Gasteiger partial charge in [0.25, 0.3) is 5.91 Å². The molecule has 0 aliphatic carbocycles. The smallest absolute Gasteiger partial charge is 0.255 e. The van der Waals surface area contributed by atoms with E-state index in [0.29, 0.717) is 17.9 Å². The highest BCUT2D eigenvalue weighted by Crippen LogP contribution is 2.19. The number of rotatable bonds is 8. The number of aryl methyl sites for hydroxylation is 1. The molecule has 1 N–H and O–H groups in total. The molecule has 0 fully saturated rings. The van der Waals surface area contributed by atoms with Gasteiger partial charge in [-0.1, -0.05) is 24.3 Å². The summed E-state index contributed by atoms with van der Waals surface area (Å²) < 4.78 is 20.5. The highest BCUT2D eigenvalue weighted by atomic mass is 19.1. The lowest BCUT2D eigenvalue weighted by Crippen LogP contribution is -2.25. The Kier molecular flexibility index (Phi) is 5.98. The average Bonchev–Trinajstić information content (AvgIpc) is 3.18. The summed E-state index contributed by atoms with van der Waals surface area (Å²) in [5.41, 5.74) is 1.31. The summed E-state index contributed by atoms with van der Waals surface area (Å²) in [6, 6.07) is 15.0. The number of nitrogens with zero attached hydrogens (tertiary/aromatic N) is 2. The zero-order chi connectivity index (χ0) is 18.2. The second kappa shape index (κ2) is 8.80. The highest BCUT2D eigenvalue weighted by Gasteiger charge is 2.11. The molecule has 1 aromatic heterocycles. The fraction of sp³-hybridized carbons (Fsp3) is 0.200. The molecule has 26 heavy (non-hydrogen) atoms. The summed E-state index contributed by atoms with van der Waals surface area (Å²) in [6.45, 7) is 1.56. The van der Waals surface area contributed by atoms with E-state index in [4.69, 9.17) is 4.74 Å². The Morgan fingerprint density at radius 1 is 1.12 bits per heavy atom. The van der Waals surface area contributed by atoms with Crippen molar-refractivity contribution in [3.63, 3.8) is 0 Å². The van der Waals surface area contributed by atoms with Gasteiger partial charge >= 0.3 is 0 Å². The molecule has 5 nitrogen and oxygen atoms in total. The van der Waals surface area contributed by atoms with E-state index in [-0.39, 0.29) is 18.3 Å². The number of amides is 1. The molecule has 1 amide bonds. The Morgan fingerprint density at radius 3 is 2.69 bits per heavy atom. The van der Waals surface area contributed by atoms with Gasteiger partial charge in [0.2, 0.25) is 0 Å². The molecule has 0 saturated heterocycles. The number of carbonyl (C=O) groups is 1. The predicted octanol–water partition coefficient (Wildman–Crippen LogP) is 3.42. The summed E-state index contributed by atoms with van der Waals surface area (Å²) in [6.07, 6.45) is 4.40. The van der Waals surface area contributed by atoms with Crippen LogP contribution in [0.4, 0.5) is 4.39 Å². The van der Waals surface area contributed by atoms with Crippen LogP contribution in [0.3, 0.4) is 0 Å². The fourth-order valence-electron chi connectivity index (χ4n) is 2.49. The van der Waals surface area contributed by atoms with Gasteiger partial charge in [0, 0.05) is 25.5 Å². The maximum Gasteiger partial charge on any atom is 0.255 e. The molecule has 0 bridgehead atoms. The van der Waals surface area contributed by atoms with Crippen molar-refractivity contribution in [1.29, 1.82) is 0 Å². The van der Waals surface area contributed by atoms with Gasteiger partial charge < -0.3 is 10.1 Å². The van der Waals surface area contributed by atoms with Gasteiger partial charge in [-0.3, -0.25) is 9.48 Å². The molecule has 0 saturated carbocycles. The number of para-hydroxylation sites is 1. The first-order valence-electron chi connectivity index (χ1n) is 8.44. The quantitative estimate of drug-likeness (QED) is 0.631. The second-order valence-corrected chi connectivity index (χ2v) is 5.79. The Hall–Kier alpha value is -3.15. The Bertz CT molecular complexity index is 833. The number of benzene rings is 2. The molecule has 0 radical (unpaired) electrons. The van der Waals surface area contributed by atoms with Gasteiger partial charge in [0.15, 0.2) is 0 Å². The Labute approximate surface area is 151 Å². The first-order chi connectivity index (χ1) is 12.7. The van der Waals surface area contributed by atoms with Gasteiger partial charge in [-0.2, -0.15) is 5.10 Å². The van der Waals surface area contributed by atoms with Crippen LogP contribution in [0.5, 0.6) is 5.75 Å². The molecule has 0 unspecified atom stereocenters. The van der Waals surface area contributed by atoms with Crippen molar-refractivity contribution >= 4 is 5.91 Å². The number of nitrogens with one attached hydrogen (secondary N) is 1. The Balaban J connectivity index is 1.53. The molecule has 2 aromatic carbocycles. The highest BCUT2D eigenvalue weighted by molar-refractivity contribution is 5.96. The lowest BCUT2D eigenvalue weighted by molar-refractivity contribution is 0.0948. The number of ether oxygens (including phenoxy) is 1. The van der Waals surface area contributed by atoms with Gasteiger partial charge in [0.1, 0.15) is 18.2 Å². The molecule has 134 valence electrons. The maximum atomic E-state index is 13.0. The molecular formula is C20H20FN3O2. The molecule has 0 aliphatic heterocycles. The summed E-state index contributed by atoms with van der Waals surface area (Å²) in [7, 11) is 0. The summed E-state index contributed by atoms with van der Waals surface area (Å²) in [4.78, 5) is 12.4. The average molecular weight is 353 g/mol. The largest absolute Gasteiger partial charge is 0.488 e. The van der Waals surface area contributed by atoms with Gasteiger partial charge in [-0.25, -0.2) is 4.39 Å². The number of aromatic nitrogens is 2. The minimum Gasteiger partial charge on any atom is -0.488 e. The van der Waals surface area contributed by atoms with Crippen LogP contribution in [0.25, 0.3) is 0 Å². The maximum absolute atomic E-state index is 13.0. The fourth-order valence-corrected chi connectivity index (χ4v) is 2.49. The standard InChI is InChI=1S/C20H20FN3O2/c21-17-9-7-16(8-10-17)15-26-19-6-2-1-5-18(19)20(25)22-11-3-13-24-14-4-12-23-24/h1-2,4-10,12,14H,3,11,13,15H2,(H,22,25). The summed E-state index contributed by atoms with van der Waals surface area (Å²) in [5, 5.41) is 7.02. The van der Waals surface area contributed by atoms with Crippen LogP contribution in [-0.4, -0.2) is 22.2 Å². The van der Waals surface area contributed by atoms with E-state index < -0.39 is 0 Å². The van der Waals surface area contributed by atoms with Crippen LogP contribution in [0.15, 0.2) is 67.0 Å². The molecular weight excluding hydrogens is 333 g/mol. The summed E-state index contributed by atoms with van der Waals surface area (Å²) >= 11 is 0. The van der Waals surface area contributed by atoms with Crippen LogP contribution in [0.2, 0.25) is 0 Å². The van der Waals surface area contributed by atoms with Crippen LogP contribution in [0.1, 0.15) is 22.3 Å². The number of hydrogen-bond donors (Lipinski definition) is 1. The number of carbonyl (C=O) groups excluding carboxylic acids is 1. The van der Waals surface area contributed by atoms with E-state index in [9.17, 15) is 9.18 Å². The minimum atomic E-state index is -0.288. The van der Waals surface area contributed by atoms with E-state index >= 15 is 0 Å². The van der Waals surface area contributed by atoms with Gasteiger partial charge in [0.05, 0.1) is 5.56 Å². The van der Waals surface area contributed by atoms with E-state index in [2.05, 4.69) is 10.4 Å².